The Balaban J connectivity index is 2.09. The molecule has 1 heterocycles. The van der Waals surface area contributed by atoms with Crippen molar-refractivity contribution in [1.29, 1.82) is 0 Å². The van der Waals surface area contributed by atoms with Gasteiger partial charge < -0.3 is 20.1 Å². The van der Waals surface area contributed by atoms with Crippen molar-refractivity contribution >= 4 is 11.8 Å². The molecule has 1 aromatic carbocycles. The number of carbonyl (C=O) groups excluding carboxylic acids is 2. The molecule has 1 fully saturated rings. The zero-order valence-corrected chi connectivity index (χ0v) is 15.1. The summed E-state index contributed by atoms with van der Waals surface area (Å²) in [5.41, 5.74) is 0.793. The Hall–Kier alpha value is -2.49. The predicted molar refractivity (Wildman–Crippen MR) is 90.4 cm³/mol. The Morgan fingerprint density at radius 3 is 2.44 bits per heavy atom. The second kappa shape index (κ2) is 8.94. The number of nitrogens with zero attached hydrogens (tertiary/aromatic N) is 1. The van der Waals surface area contributed by atoms with E-state index < -0.39 is 30.6 Å². The van der Waals surface area contributed by atoms with Gasteiger partial charge in [-0.25, -0.2) is 0 Å². The molecule has 0 unspecified atom stereocenters. The standard InChI is InChI=1S/C17H22F3N3O4/c1-26-12-5-11(6-13(7-12)27-2)9-23-4-3-21-16(25)14(23)8-15(24)22-10-17(18,19)20/h5-7,14H,3-4,8-10H2,1-2H3,(H,21,25)(H,22,24)/t14-/m0/s1. The van der Waals surface area contributed by atoms with Crippen molar-refractivity contribution in [3.8, 4) is 11.5 Å². The zero-order chi connectivity index (χ0) is 20.0. The summed E-state index contributed by atoms with van der Waals surface area (Å²) in [5.74, 6) is -0.0727. The number of methoxy groups -OCH3 is 2. The summed E-state index contributed by atoms with van der Waals surface area (Å²) in [5, 5.41) is 4.44. The first-order valence-electron chi connectivity index (χ1n) is 8.29. The molecular formula is C17H22F3N3O4. The third-order valence-corrected chi connectivity index (χ3v) is 4.10. The molecule has 2 N–H and O–H groups in total. The predicted octanol–water partition coefficient (Wildman–Crippen LogP) is 1.07. The third-order valence-electron chi connectivity index (χ3n) is 4.10. The quantitative estimate of drug-likeness (QED) is 0.730. The maximum atomic E-state index is 12.3. The number of hydrogen-bond acceptors (Lipinski definition) is 5. The Labute approximate surface area is 154 Å². The van der Waals surface area contributed by atoms with Crippen molar-refractivity contribution in [2.75, 3.05) is 33.9 Å². The SMILES string of the molecule is COc1cc(CN2CCNC(=O)[C@@H]2CC(=O)NCC(F)(F)F)cc(OC)c1. The van der Waals surface area contributed by atoms with E-state index in [-0.39, 0.29) is 6.42 Å². The number of amides is 2. The fourth-order valence-electron chi connectivity index (χ4n) is 2.81. The number of rotatable bonds is 7. The van der Waals surface area contributed by atoms with Crippen molar-refractivity contribution in [3.63, 3.8) is 0 Å². The van der Waals surface area contributed by atoms with Crippen LogP contribution in [-0.2, 0) is 16.1 Å². The molecule has 0 radical (unpaired) electrons. The molecule has 1 aliphatic heterocycles. The van der Waals surface area contributed by atoms with Crippen LogP contribution in [0.15, 0.2) is 18.2 Å². The smallest absolute Gasteiger partial charge is 0.405 e. The van der Waals surface area contributed by atoms with Gasteiger partial charge in [0.15, 0.2) is 0 Å². The maximum Gasteiger partial charge on any atom is 0.405 e. The molecule has 7 nitrogen and oxygen atoms in total. The van der Waals surface area contributed by atoms with Gasteiger partial charge in [-0.3, -0.25) is 14.5 Å². The average Bonchev–Trinajstić information content (AvgIpc) is 2.62. The Morgan fingerprint density at radius 2 is 1.89 bits per heavy atom. The minimum absolute atomic E-state index is 0.318. The average molecular weight is 389 g/mol. The molecule has 1 saturated heterocycles. The number of piperazine rings is 1. The molecular weight excluding hydrogens is 367 g/mol. The van der Waals surface area contributed by atoms with Gasteiger partial charge in [0.25, 0.3) is 0 Å². The molecule has 150 valence electrons. The van der Waals surface area contributed by atoms with Gasteiger partial charge in [0.05, 0.1) is 26.7 Å². The molecule has 2 amide bonds. The van der Waals surface area contributed by atoms with E-state index in [4.69, 9.17) is 9.47 Å². The summed E-state index contributed by atoms with van der Waals surface area (Å²) in [7, 11) is 3.03. The highest BCUT2D eigenvalue weighted by molar-refractivity contribution is 5.88. The van der Waals surface area contributed by atoms with E-state index in [2.05, 4.69) is 5.32 Å². The fourth-order valence-corrected chi connectivity index (χ4v) is 2.81. The number of nitrogens with one attached hydrogen (secondary N) is 2. The van der Waals surface area contributed by atoms with Crippen LogP contribution in [0.2, 0.25) is 0 Å². The molecule has 10 heteroatoms. The highest BCUT2D eigenvalue weighted by atomic mass is 19.4. The molecule has 0 aromatic heterocycles. The molecule has 0 saturated carbocycles. The number of benzene rings is 1. The Bertz CT molecular complexity index is 660. The first-order chi connectivity index (χ1) is 12.7. The fraction of sp³-hybridized carbons (Fsp3) is 0.529. The summed E-state index contributed by atoms with van der Waals surface area (Å²) in [4.78, 5) is 25.8. The second-order valence-corrected chi connectivity index (χ2v) is 6.09. The van der Waals surface area contributed by atoms with Crippen LogP contribution in [0.5, 0.6) is 11.5 Å². The van der Waals surface area contributed by atoms with Crippen molar-refractivity contribution in [2.45, 2.75) is 25.2 Å². The lowest BCUT2D eigenvalue weighted by Crippen LogP contribution is -2.56. The van der Waals surface area contributed by atoms with Crippen LogP contribution >= 0.6 is 0 Å². The van der Waals surface area contributed by atoms with Gasteiger partial charge in [-0.2, -0.15) is 13.2 Å². The summed E-state index contributed by atoms with van der Waals surface area (Å²) in [6, 6.07) is 4.39. The van der Waals surface area contributed by atoms with Crippen LogP contribution in [0.3, 0.4) is 0 Å². The first kappa shape index (κ1) is 20.8. The number of ether oxygens (including phenoxy) is 2. The van der Waals surface area contributed by atoms with E-state index in [0.717, 1.165) is 5.56 Å². The van der Waals surface area contributed by atoms with Crippen LogP contribution in [0.1, 0.15) is 12.0 Å². The van der Waals surface area contributed by atoms with Crippen LogP contribution < -0.4 is 20.1 Å². The first-order valence-corrected chi connectivity index (χ1v) is 8.29. The molecule has 1 aromatic rings. The maximum absolute atomic E-state index is 12.3. The molecule has 1 atom stereocenters. The van der Waals surface area contributed by atoms with Gasteiger partial charge in [-0.15, -0.1) is 0 Å². The molecule has 27 heavy (non-hydrogen) atoms. The van der Waals surface area contributed by atoms with Gasteiger partial charge in [0, 0.05) is 25.7 Å². The van der Waals surface area contributed by atoms with Crippen molar-refractivity contribution in [2.24, 2.45) is 0 Å². The number of carbonyl (C=O) groups is 2. The summed E-state index contributed by atoms with van der Waals surface area (Å²) in [6.45, 7) is -0.255. The minimum Gasteiger partial charge on any atom is -0.497 e. The van der Waals surface area contributed by atoms with Gasteiger partial charge in [-0.05, 0) is 17.7 Å². The molecule has 1 aliphatic rings. The van der Waals surface area contributed by atoms with E-state index in [0.29, 0.717) is 31.1 Å². The van der Waals surface area contributed by atoms with E-state index in [1.807, 2.05) is 0 Å². The normalized spacial score (nSPS) is 18.0. The van der Waals surface area contributed by atoms with Crippen LogP contribution in [-0.4, -0.2) is 62.8 Å². The van der Waals surface area contributed by atoms with Crippen molar-refractivity contribution in [1.82, 2.24) is 15.5 Å². The van der Waals surface area contributed by atoms with Gasteiger partial charge in [0.1, 0.15) is 18.0 Å². The van der Waals surface area contributed by atoms with Crippen LogP contribution in [0.25, 0.3) is 0 Å². The van der Waals surface area contributed by atoms with E-state index in [1.54, 1.807) is 28.4 Å². The Kier molecular flexibility index (Phi) is 6.89. The summed E-state index contributed by atoms with van der Waals surface area (Å²) in [6.07, 6.45) is -4.86. The van der Waals surface area contributed by atoms with E-state index >= 15 is 0 Å². The Morgan fingerprint density at radius 1 is 1.26 bits per heavy atom. The van der Waals surface area contributed by atoms with Gasteiger partial charge in [-0.1, -0.05) is 0 Å². The number of hydrogen-bond donors (Lipinski definition) is 2. The molecule has 0 bridgehead atoms. The largest absolute Gasteiger partial charge is 0.497 e. The molecule has 0 spiro atoms. The van der Waals surface area contributed by atoms with Crippen molar-refractivity contribution < 1.29 is 32.2 Å². The number of halogens is 3. The highest BCUT2D eigenvalue weighted by Gasteiger charge is 2.33. The minimum atomic E-state index is -4.50. The van der Waals surface area contributed by atoms with E-state index in [1.165, 1.54) is 14.2 Å². The van der Waals surface area contributed by atoms with Gasteiger partial charge in [0.2, 0.25) is 11.8 Å². The third kappa shape index (κ3) is 6.31. The van der Waals surface area contributed by atoms with Crippen LogP contribution in [0.4, 0.5) is 13.2 Å². The summed E-state index contributed by atoms with van der Waals surface area (Å²) >= 11 is 0. The van der Waals surface area contributed by atoms with Crippen LogP contribution in [0, 0.1) is 0 Å². The highest BCUT2D eigenvalue weighted by Crippen LogP contribution is 2.24. The van der Waals surface area contributed by atoms with Gasteiger partial charge >= 0.3 is 6.18 Å². The molecule has 2 rings (SSSR count). The van der Waals surface area contributed by atoms with E-state index in [9.17, 15) is 22.8 Å². The topological polar surface area (TPSA) is 79.9 Å². The second-order valence-electron chi connectivity index (χ2n) is 6.09. The lowest BCUT2D eigenvalue weighted by atomic mass is 10.1. The van der Waals surface area contributed by atoms with Crippen molar-refractivity contribution in [3.05, 3.63) is 23.8 Å². The zero-order valence-electron chi connectivity index (χ0n) is 15.1. The summed E-state index contributed by atoms with van der Waals surface area (Å²) < 4.78 is 47.2. The monoisotopic (exact) mass is 389 g/mol. The number of alkyl halides is 3. The lowest BCUT2D eigenvalue weighted by Gasteiger charge is -2.34. The lowest BCUT2D eigenvalue weighted by molar-refractivity contribution is -0.141. The molecule has 0 aliphatic carbocycles.